The molecule has 0 unspecified atom stereocenters. The molecule has 0 spiro atoms. The quantitative estimate of drug-likeness (QED) is 0.427. The van der Waals surface area contributed by atoms with Crippen molar-refractivity contribution in [3.05, 3.63) is 49.1 Å². The molecule has 0 aliphatic carbocycles. The van der Waals surface area contributed by atoms with E-state index in [0.29, 0.717) is 0 Å². The van der Waals surface area contributed by atoms with Crippen LogP contribution in [0.25, 0.3) is 27.6 Å². The molecule has 0 amide bonds. The monoisotopic (exact) mass is 220 g/mol. The van der Waals surface area contributed by atoms with Crippen LogP contribution in [0.3, 0.4) is 0 Å². The molecule has 0 aromatic carbocycles. The van der Waals surface area contributed by atoms with Crippen molar-refractivity contribution in [2.24, 2.45) is 0 Å². The van der Waals surface area contributed by atoms with Gasteiger partial charge in [-0.15, -0.1) is 0 Å². The molecule has 0 saturated heterocycles. The summed E-state index contributed by atoms with van der Waals surface area (Å²) in [5.41, 5.74) is 2.75. The van der Waals surface area contributed by atoms with Crippen LogP contribution in [-0.2, 0) is 0 Å². The van der Waals surface area contributed by atoms with Crippen LogP contribution in [0.4, 0.5) is 0 Å². The van der Waals surface area contributed by atoms with Gasteiger partial charge in [0.2, 0.25) is 0 Å². The van der Waals surface area contributed by atoms with E-state index in [9.17, 15) is 0 Å². The first-order chi connectivity index (χ1) is 8.45. The lowest BCUT2D eigenvalue weighted by Crippen LogP contribution is -1.93. The molecule has 80 valence electrons. The van der Waals surface area contributed by atoms with Crippen molar-refractivity contribution in [2.45, 2.75) is 0 Å². The summed E-state index contributed by atoms with van der Waals surface area (Å²) in [5.74, 6) is 0. The van der Waals surface area contributed by atoms with Crippen molar-refractivity contribution in [3.8, 4) is 0 Å². The first-order valence-electron chi connectivity index (χ1n) is 5.39. The third kappa shape index (κ3) is 1.04. The number of hydrogen-bond acceptors (Lipinski definition) is 3. The lowest BCUT2D eigenvalue weighted by molar-refractivity contribution is 1.20. The third-order valence-electron chi connectivity index (χ3n) is 2.96. The lowest BCUT2D eigenvalue weighted by Gasteiger charge is -2.05. The van der Waals surface area contributed by atoms with E-state index in [1.54, 1.807) is 18.6 Å². The van der Waals surface area contributed by atoms with Crippen LogP contribution in [0.1, 0.15) is 0 Å². The SMILES string of the molecule is c1cnc2c(c1)c1ncccc1c1nccn21. The van der Waals surface area contributed by atoms with E-state index in [1.165, 1.54) is 0 Å². The molecular formula is C13H8N4. The number of rotatable bonds is 0. The highest BCUT2D eigenvalue weighted by atomic mass is 15.0. The molecular weight excluding hydrogens is 212 g/mol. The van der Waals surface area contributed by atoms with Gasteiger partial charge in [-0.25, -0.2) is 9.97 Å². The minimum atomic E-state index is 0.895. The molecule has 4 aromatic rings. The van der Waals surface area contributed by atoms with Gasteiger partial charge >= 0.3 is 0 Å². The Morgan fingerprint density at radius 2 is 1.41 bits per heavy atom. The second-order valence-corrected chi connectivity index (χ2v) is 3.89. The Balaban J connectivity index is 2.48. The normalized spacial score (nSPS) is 11.5. The average Bonchev–Trinajstić information content (AvgIpc) is 2.89. The predicted molar refractivity (Wildman–Crippen MR) is 65.8 cm³/mol. The molecule has 0 aliphatic rings. The molecule has 0 N–H and O–H groups in total. The Labute approximate surface area is 96.6 Å². The maximum atomic E-state index is 4.45. The van der Waals surface area contributed by atoms with E-state index in [4.69, 9.17) is 0 Å². The van der Waals surface area contributed by atoms with Crippen LogP contribution in [-0.4, -0.2) is 19.4 Å². The summed E-state index contributed by atoms with van der Waals surface area (Å²) < 4.78 is 2.00. The molecule has 4 aromatic heterocycles. The number of fused-ring (bicyclic) bond motifs is 6. The van der Waals surface area contributed by atoms with Gasteiger partial charge < -0.3 is 0 Å². The van der Waals surface area contributed by atoms with Gasteiger partial charge in [-0.2, -0.15) is 0 Å². The van der Waals surface area contributed by atoms with Gasteiger partial charge in [0.25, 0.3) is 0 Å². The molecule has 0 radical (unpaired) electrons. The van der Waals surface area contributed by atoms with Crippen molar-refractivity contribution in [2.75, 3.05) is 0 Å². The number of hydrogen-bond donors (Lipinski definition) is 0. The van der Waals surface area contributed by atoms with Gasteiger partial charge in [-0.3, -0.25) is 9.38 Å². The molecule has 4 heterocycles. The van der Waals surface area contributed by atoms with Gasteiger partial charge in [0.05, 0.1) is 5.52 Å². The Bertz CT molecular complexity index is 778. The molecule has 0 saturated carbocycles. The molecule has 4 heteroatoms. The van der Waals surface area contributed by atoms with Crippen molar-refractivity contribution in [1.29, 1.82) is 0 Å². The molecule has 4 nitrogen and oxygen atoms in total. The Kier molecular flexibility index (Phi) is 1.53. The second-order valence-electron chi connectivity index (χ2n) is 3.89. The van der Waals surface area contributed by atoms with Gasteiger partial charge in [-0.1, -0.05) is 0 Å². The fraction of sp³-hybridized carbons (Fsp3) is 0. The molecule has 0 atom stereocenters. The third-order valence-corrected chi connectivity index (χ3v) is 2.96. The highest BCUT2D eigenvalue weighted by Crippen LogP contribution is 2.25. The van der Waals surface area contributed by atoms with E-state index in [0.717, 1.165) is 27.6 Å². The summed E-state index contributed by atoms with van der Waals surface area (Å²) in [6.07, 6.45) is 7.30. The van der Waals surface area contributed by atoms with E-state index < -0.39 is 0 Å². The van der Waals surface area contributed by atoms with E-state index in [2.05, 4.69) is 15.0 Å². The maximum absolute atomic E-state index is 4.45. The van der Waals surface area contributed by atoms with Crippen LogP contribution in [0, 0.1) is 0 Å². The standard InChI is InChI=1S/C13H8N4/c1-3-10-11(14-5-1)9-4-2-6-15-12(9)17-8-7-16-13(10)17/h1-8H. The van der Waals surface area contributed by atoms with Gasteiger partial charge in [0, 0.05) is 35.6 Å². The Hall–Kier alpha value is -2.49. The first kappa shape index (κ1) is 8.64. The highest BCUT2D eigenvalue weighted by Gasteiger charge is 2.09. The minimum absolute atomic E-state index is 0.895. The zero-order chi connectivity index (χ0) is 11.2. The molecule has 4 rings (SSSR count). The second kappa shape index (κ2) is 3.01. The Morgan fingerprint density at radius 1 is 0.765 bits per heavy atom. The van der Waals surface area contributed by atoms with Crippen LogP contribution < -0.4 is 0 Å². The van der Waals surface area contributed by atoms with E-state index >= 15 is 0 Å². The van der Waals surface area contributed by atoms with Crippen LogP contribution >= 0.6 is 0 Å². The first-order valence-corrected chi connectivity index (χ1v) is 5.39. The Morgan fingerprint density at radius 3 is 2.18 bits per heavy atom. The number of aromatic nitrogens is 4. The summed E-state index contributed by atoms with van der Waals surface area (Å²) in [4.78, 5) is 13.2. The molecule has 0 fully saturated rings. The van der Waals surface area contributed by atoms with Crippen LogP contribution in [0.15, 0.2) is 49.1 Å². The average molecular weight is 220 g/mol. The smallest absolute Gasteiger partial charge is 0.147 e. The van der Waals surface area contributed by atoms with Crippen LogP contribution in [0.5, 0.6) is 0 Å². The van der Waals surface area contributed by atoms with Gasteiger partial charge in [0.1, 0.15) is 11.3 Å². The van der Waals surface area contributed by atoms with Crippen molar-refractivity contribution >= 4 is 27.6 Å². The minimum Gasteiger partial charge on any atom is -0.283 e. The van der Waals surface area contributed by atoms with Crippen molar-refractivity contribution in [1.82, 2.24) is 19.4 Å². The predicted octanol–water partition coefficient (Wildman–Crippen LogP) is 2.43. The summed E-state index contributed by atoms with van der Waals surface area (Å²) in [6.45, 7) is 0. The number of imidazole rings is 1. The number of nitrogens with zero attached hydrogens (tertiary/aromatic N) is 4. The fourth-order valence-electron chi connectivity index (χ4n) is 2.25. The topological polar surface area (TPSA) is 43.1 Å². The molecule has 0 aliphatic heterocycles. The summed E-state index contributed by atoms with van der Waals surface area (Å²) in [5, 5.41) is 2.10. The van der Waals surface area contributed by atoms with E-state index in [1.807, 2.05) is 34.9 Å². The molecule has 17 heavy (non-hydrogen) atoms. The lowest BCUT2D eigenvalue weighted by atomic mass is 10.2. The summed E-state index contributed by atoms with van der Waals surface area (Å²) in [7, 11) is 0. The van der Waals surface area contributed by atoms with E-state index in [-0.39, 0.29) is 0 Å². The maximum Gasteiger partial charge on any atom is 0.147 e. The van der Waals surface area contributed by atoms with Crippen LogP contribution in [0.2, 0.25) is 0 Å². The van der Waals surface area contributed by atoms with Gasteiger partial charge in [0.15, 0.2) is 0 Å². The summed E-state index contributed by atoms with van der Waals surface area (Å²) in [6, 6.07) is 7.94. The summed E-state index contributed by atoms with van der Waals surface area (Å²) >= 11 is 0. The van der Waals surface area contributed by atoms with Crippen molar-refractivity contribution in [3.63, 3.8) is 0 Å². The molecule has 0 bridgehead atoms. The zero-order valence-corrected chi connectivity index (χ0v) is 8.91. The van der Waals surface area contributed by atoms with Crippen molar-refractivity contribution < 1.29 is 0 Å². The number of pyridine rings is 3. The zero-order valence-electron chi connectivity index (χ0n) is 8.91. The fourth-order valence-corrected chi connectivity index (χ4v) is 2.25. The highest BCUT2D eigenvalue weighted by molar-refractivity contribution is 6.08. The van der Waals surface area contributed by atoms with Gasteiger partial charge in [-0.05, 0) is 24.3 Å². The largest absolute Gasteiger partial charge is 0.283 e.